The molecule has 3 heterocycles. The van der Waals surface area contributed by atoms with Crippen LogP contribution in [0.3, 0.4) is 0 Å². The van der Waals surface area contributed by atoms with Gasteiger partial charge in [-0.05, 0) is 25.3 Å². The Hall–Kier alpha value is -2.61. The van der Waals surface area contributed by atoms with Crippen LogP contribution in [0.2, 0.25) is 0 Å². The molecular formula is C19H22N6OS. The van der Waals surface area contributed by atoms with Crippen molar-refractivity contribution in [1.29, 1.82) is 0 Å². The van der Waals surface area contributed by atoms with Crippen LogP contribution in [0.1, 0.15) is 30.3 Å². The fraction of sp³-hybridized carbons (Fsp3) is 0.368. The Bertz CT molecular complexity index is 898. The van der Waals surface area contributed by atoms with Crippen molar-refractivity contribution in [2.45, 2.75) is 30.8 Å². The number of hydrogen-bond acceptors (Lipinski definition) is 5. The summed E-state index contributed by atoms with van der Waals surface area (Å²) in [6.07, 6.45) is 3.79. The van der Waals surface area contributed by atoms with Gasteiger partial charge in [0.1, 0.15) is 5.82 Å². The van der Waals surface area contributed by atoms with Crippen molar-refractivity contribution in [2.24, 2.45) is 0 Å². The van der Waals surface area contributed by atoms with Crippen LogP contribution in [0.15, 0.2) is 41.7 Å². The third-order valence-electron chi connectivity index (χ3n) is 4.91. The molecule has 4 rings (SSSR count). The highest BCUT2D eigenvalue weighted by Gasteiger charge is 2.26. The van der Waals surface area contributed by atoms with Gasteiger partial charge >= 0.3 is 0 Å². The number of amides is 1. The van der Waals surface area contributed by atoms with Crippen molar-refractivity contribution in [1.82, 2.24) is 30.3 Å². The minimum atomic E-state index is 0.147. The van der Waals surface area contributed by atoms with Crippen LogP contribution in [0.25, 0.3) is 11.1 Å². The van der Waals surface area contributed by atoms with E-state index in [9.17, 15) is 4.79 Å². The smallest absolute Gasteiger partial charge is 0.233 e. The maximum Gasteiger partial charge on any atom is 0.233 e. The van der Waals surface area contributed by atoms with E-state index < -0.39 is 0 Å². The van der Waals surface area contributed by atoms with Crippen LogP contribution in [-0.4, -0.2) is 55.0 Å². The molecule has 1 amide bonds. The lowest BCUT2D eigenvalue weighted by molar-refractivity contribution is -0.129. The molecule has 2 aromatic heterocycles. The molecular weight excluding hydrogens is 360 g/mol. The summed E-state index contributed by atoms with van der Waals surface area (Å²) < 4.78 is 0. The summed E-state index contributed by atoms with van der Waals surface area (Å²) in [5, 5.41) is 14.9. The summed E-state index contributed by atoms with van der Waals surface area (Å²) in [6, 6.07) is 10.3. The van der Waals surface area contributed by atoms with Gasteiger partial charge in [0, 0.05) is 30.3 Å². The number of carbonyl (C=O) groups is 1. The highest BCUT2D eigenvalue weighted by atomic mass is 32.2. The van der Waals surface area contributed by atoms with Crippen molar-refractivity contribution < 1.29 is 4.79 Å². The van der Waals surface area contributed by atoms with E-state index in [-0.39, 0.29) is 5.91 Å². The number of benzene rings is 1. The lowest BCUT2D eigenvalue weighted by atomic mass is 9.89. The van der Waals surface area contributed by atoms with Crippen molar-refractivity contribution in [3.63, 3.8) is 0 Å². The van der Waals surface area contributed by atoms with Gasteiger partial charge in [-0.25, -0.2) is 4.98 Å². The lowest BCUT2D eigenvalue weighted by Crippen LogP contribution is -2.39. The van der Waals surface area contributed by atoms with Crippen LogP contribution < -0.4 is 0 Å². The van der Waals surface area contributed by atoms with Gasteiger partial charge in [0.25, 0.3) is 0 Å². The molecule has 7 nitrogen and oxygen atoms in total. The van der Waals surface area contributed by atoms with Gasteiger partial charge in [0.05, 0.1) is 11.9 Å². The number of likely N-dealkylation sites (tertiary alicyclic amines) is 1. The SMILES string of the molecule is Cc1nc(SCC(=O)N2CCC(c3[nH]ncc3-c3ccccc3)CC2)n[nH]1. The van der Waals surface area contributed by atoms with Crippen LogP contribution >= 0.6 is 11.8 Å². The molecule has 0 spiro atoms. The molecule has 0 saturated carbocycles. The van der Waals surface area contributed by atoms with Crippen LogP contribution in [-0.2, 0) is 4.79 Å². The van der Waals surface area contributed by atoms with Gasteiger partial charge in [-0.15, -0.1) is 5.10 Å². The average molecular weight is 382 g/mol. The fourth-order valence-corrected chi connectivity index (χ4v) is 4.22. The molecule has 1 aliphatic heterocycles. The second kappa shape index (κ2) is 7.96. The molecule has 0 radical (unpaired) electrons. The zero-order valence-corrected chi connectivity index (χ0v) is 16.0. The van der Waals surface area contributed by atoms with E-state index in [1.165, 1.54) is 23.0 Å². The number of rotatable bonds is 5. The number of nitrogens with zero attached hydrogens (tertiary/aromatic N) is 4. The number of nitrogens with one attached hydrogen (secondary N) is 2. The Balaban J connectivity index is 1.34. The van der Waals surface area contributed by atoms with E-state index in [0.717, 1.165) is 37.3 Å². The highest BCUT2D eigenvalue weighted by molar-refractivity contribution is 7.99. The minimum Gasteiger partial charge on any atom is -0.342 e. The molecule has 0 unspecified atom stereocenters. The molecule has 0 atom stereocenters. The molecule has 3 aromatic rings. The number of H-pyrrole nitrogens is 2. The zero-order valence-electron chi connectivity index (χ0n) is 15.2. The van der Waals surface area contributed by atoms with Crippen LogP contribution in [0.4, 0.5) is 0 Å². The molecule has 0 bridgehead atoms. The van der Waals surface area contributed by atoms with E-state index in [2.05, 4.69) is 37.5 Å². The van der Waals surface area contributed by atoms with Crippen LogP contribution in [0.5, 0.6) is 0 Å². The van der Waals surface area contributed by atoms with E-state index >= 15 is 0 Å². The number of aromatic nitrogens is 5. The van der Waals surface area contributed by atoms with Gasteiger partial charge in [-0.3, -0.25) is 15.0 Å². The standard InChI is InChI=1S/C19H22N6OS/c1-13-21-19(24-22-13)27-12-17(26)25-9-7-15(8-10-25)18-16(11-20-23-18)14-5-3-2-4-6-14/h2-6,11,15H,7-10,12H2,1H3,(H,20,23)(H,21,22,24). The predicted molar refractivity (Wildman–Crippen MR) is 104 cm³/mol. The number of aryl methyl sites for hydroxylation is 1. The summed E-state index contributed by atoms with van der Waals surface area (Å²) in [5.74, 6) is 1.68. The minimum absolute atomic E-state index is 0.147. The number of hydrogen-bond donors (Lipinski definition) is 2. The summed E-state index contributed by atoms with van der Waals surface area (Å²) in [7, 11) is 0. The Labute approximate surface area is 162 Å². The van der Waals surface area contributed by atoms with Gasteiger partial charge in [0.15, 0.2) is 0 Å². The monoisotopic (exact) mass is 382 g/mol. The summed E-state index contributed by atoms with van der Waals surface area (Å²) in [6.45, 7) is 3.39. The van der Waals surface area contributed by atoms with E-state index in [1.807, 2.05) is 36.2 Å². The summed E-state index contributed by atoms with van der Waals surface area (Å²) >= 11 is 1.38. The number of piperidine rings is 1. The zero-order chi connectivity index (χ0) is 18.6. The first-order chi connectivity index (χ1) is 13.2. The highest BCUT2D eigenvalue weighted by Crippen LogP contribution is 2.33. The molecule has 140 valence electrons. The fourth-order valence-electron chi connectivity index (χ4n) is 3.48. The molecule has 1 fully saturated rings. The Kier molecular flexibility index (Phi) is 5.24. The second-order valence-electron chi connectivity index (χ2n) is 6.71. The molecule has 1 aliphatic rings. The molecule has 1 saturated heterocycles. The summed E-state index contributed by atoms with van der Waals surface area (Å²) in [4.78, 5) is 18.7. The molecule has 1 aromatic carbocycles. The molecule has 8 heteroatoms. The lowest BCUT2D eigenvalue weighted by Gasteiger charge is -2.32. The average Bonchev–Trinajstić information content (AvgIpc) is 3.36. The Morgan fingerprint density at radius 1 is 1.22 bits per heavy atom. The normalized spacial score (nSPS) is 15.2. The first kappa shape index (κ1) is 17.8. The van der Waals surface area contributed by atoms with Gasteiger partial charge in [-0.1, -0.05) is 42.1 Å². The number of carbonyl (C=O) groups excluding carboxylic acids is 1. The first-order valence-corrected chi connectivity index (χ1v) is 10.1. The summed E-state index contributed by atoms with van der Waals surface area (Å²) in [5.41, 5.74) is 3.52. The van der Waals surface area contributed by atoms with E-state index in [0.29, 0.717) is 16.8 Å². The third kappa shape index (κ3) is 4.05. The first-order valence-electron chi connectivity index (χ1n) is 9.09. The van der Waals surface area contributed by atoms with Gasteiger partial charge in [-0.2, -0.15) is 5.10 Å². The number of aromatic amines is 2. The quantitative estimate of drug-likeness (QED) is 0.662. The van der Waals surface area contributed by atoms with Crippen molar-refractivity contribution in [3.05, 3.63) is 48.0 Å². The maximum absolute atomic E-state index is 12.5. The second-order valence-corrected chi connectivity index (χ2v) is 7.65. The number of thioether (sulfide) groups is 1. The largest absolute Gasteiger partial charge is 0.342 e. The van der Waals surface area contributed by atoms with Crippen LogP contribution in [0, 0.1) is 6.92 Å². The van der Waals surface area contributed by atoms with Gasteiger partial charge in [0.2, 0.25) is 11.1 Å². The Morgan fingerprint density at radius 2 is 2.00 bits per heavy atom. The third-order valence-corrected chi connectivity index (χ3v) is 5.74. The molecule has 27 heavy (non-hydrogen) atoms. The van der Waals surface area contributed by atoms with Crippen molar-refractivity contribution in [3.8, 4) is 11.1 Å². The van der Waals surface area contributed by atoms with Gasteiger partial charge < -0.3 is 4.90 Å². The predicted octanol–water partition coefficient (Wildman–Crippen LogP) is 3.00. The van der Waals surface area contributed by atoms with Crippen molar-refractivity contribution >= 4 is 17.7 Å². The molecule has 0 aliphatic carbocycles. The van der Waals surface area contributed by atoms with E-state index in [1.54, 1.807) is 0 Å². The Morgan fingerprint density at radius 3 is 2.70 bits per heavy atom. The van der Waals surface area contributed by atoms with E-state index in [4.69, 9.17) is 0 Å². The molecule has 2 N–H and O–H groups in total. The van der Waals surface area contributed by atoms with Crippen molar-refractivity contribution in [2.75, 3.05) is 18.8 Å². The topological polar surface area (TPSA) is 90.6 Å². The maximum atomic E-state index is 12.5.